The molecule has 0 spiro atoms. The highest BCUT2D eigenvalue weighted by atomic mass is 32.1. The Balaban J connectivity index is 1.31. The third-order valence-electron chi connectivity index (χ3n) is 4.64. The van der Waals surface area contributed by atoms with Crippen LogP contribution in [-0.4, -0.2) is 52.6 Å². The summed E-state index contributed by atoms with van der Waals surface area (Å²) in [6.07, 6.45) is 6.15. The Kier molecular flexibility index (Phi) is 3.62. The number of rotatable bonds is 4. The summed E-state index contributed by atoms with van der Waals surface area (Å²) in [5.41, 5.74) is 0. The Hall–Kier alpha value is -0.720. The van der Waals surface area contributed by atoms with Gasteiger partial charge >= 0.3 is 0 Å². The molecule has 2 aliphatic heterocycles. The second-order valence-electron chi connectivity index (χ2n) is 6.20. The molecule has 1 saturated carbocycles. The monoisotopic (exact) mass is 294 g/mol. The van der Waals surface area contributed by atoms with E-state index in [0.717, 1.165) is 36.8 Å². The number of nitrogens with one attached hydrogen (secondary N) is 1. The number of nitrogens with zero attached hydrogens (tertiary/aromatic N) is 3. The number of hydrogen-bond donors (Lipinski definition) is 1. The van der Waals surface area contributed by atoms with Gasteiger partial charge < -0.3 is 10.1 Å². The molecule has 3 heterocycles. The predicted molar refractivity (Wildman–Crippen MR) is 79.3 cm³/mol. The standard InChI is InChI=1S/C14H22N4OS/c1-2-10(1)13-16-14(20-17-13)15-11-3-6-18(9-11)12-4-7-19-8-5-12/h10-12H,1-9H2,(H,15,16,17). The average molecular weight is 294 g/mol. The van der Waals surface area contributed by atoms with Crippen molar-refractivity contribution in [2.75, 3.05) is 31.6 Å². The van der Waals surface area contributed by atoms with Crippen molar-refractivity contribution in [2.24, 2.45) is 0 Å². The zero-order valence-corrected chi connectivity index (χ0v) is 12.6. The van der Waals surface area contributed by atoms with Gasteiger partial charge in [-0.2, -0.15) is 4.37 Å². The number of hydrogen-bond acceptors (Lipinski definition) is 6. The van der Waals surface area contributed by atoms with Gasteiger partial charge in [0.05, 0.1) is 0 Å². The van der Waals surface area contributed by atoms with Crippen LogP contribution in [0.25, 0.3) is 0 Å². The zero-order chi connectivity index (χ0) is 13.4. The molecule has 4 rings (SSSR count). The highest BCUT2D eigenvalue weighted by Gasteiger charge is 2.31. The lowest BCUT2D eigenvalue weighted by atomic mass is 10.1. The van der Waals surface area contributed by atoms with E-state index in [4.69, 9.17) is 4.74 Å². The Morgan fingerprint density at radius 2 is 2.00 bits per heavy atom. The van der Waals surface area contributed by atoms with Crippen molar-refractivity contribution in [2.45, 2.75) is 50.1 Å². The summed E-state index contributed by atoms with van der Waals surface area (Å²) < 4.78 is 9.92. The molecule has 1 aromatic heterocycles. The second kappa shape index (κ2) is 5.58. The molecule has 0 aromatic carbocycles. The fourth-order valence-corrected chi connectivity index (χ4v) is 3.99. The Morgan fingerprint density at radius 1 is 1.15 bits per heavy atom. The molecule has 1 aromatic rings. The highest BCUT2D eigenvalue weighted by Crippen LogP contribution is 2.39. The van der Waals surface area contributed by atoms with Gasteiger partial charge in [0, 0.05) is 55.8 Å². The van der Waals surface area contributed by atoms with Crippen molar-refractivity contribution in [3.63, 3.8) is 0 Å². The Labute approximate surface area is 123 Å². The van der Waals surface area contributed by atoms with E-state index in [9.17, 15) is 0 Å². The van der Waals surface area contributed by atoms with Crippen molar-refractivity contribution in [1.29, 1.82) is 0 Å². The number of anilines is 1. The molecule has 2 saturated heterocycles. The van der Waals surface area contributed by atoms with E-state index in [2.05, 4.69) is 19.6 Å². The molecule has 20 heavy (non-hydrogen) atoms. The van der Waals surface area contributed by atoms with Crippen LogP contribution in [0.5, 0.6) is 0 Å². The van der Waals surface area contributed by atoms with Crippen LogP contribution in [0.2, 0.25) is 0 Å². The predicted octanol–water partition coefficient (Wildman–Crippen LogP) is 2.08. The largest absolute Gasteiger partial charge is 0.381 e. The van der Waals surface area contributed by atoms with Gasteiger partial charge in [0.1, 0.15) is 5.82 Å². The minimum Gasteiger partial charge on any atom is -0.381 e. The fraction of sp³-hybridized carbons (Fsp3) is 0.857. The van der Waals surface area contributed by atoms with Crippen molar-refractivity contribution < 1.29 is 4.74 Å². The van der Waals surface area contributed by atoms with Gasteiger partial charge in [-0.3, -0.25) is 4.90 Å². The van der Waals surface area contributed by atoms with Crippen LogP contribution in [-0.2, 0) is 4.74 Å². The van der Waals surface area contributed by atoms with E-state index in [0.29, 0.717) is 12.0 Å². The van der Waals surface area contributed by atoms with E-state index in [1.165, 1.54) is 50.2 Å². The third kappa shape index (κ3) is 2.82. The smallest absolute Gasteiger partial charge is 0.202 e. The lowest BCUT2D eigenvalue weighted by Gasteiger charge is -2.31. The van der Waals surface area contributed by atoms with Crippen molar-refractivity contribution in [3.05, 3.63) is 5.82 Å². The molecule has 0 radical (unpaired) electrons. The highest BCUT2D eigenvalue weighted by molar-refractivity contribution is 7.09. The van der Waals surface area contributed by atoms with Crippen LogP contribution in [0.1, 0.15) is 43.8 Å². The number of ether oxygens (including phenoxy) is 1. The first-order valence-electron chi connectivity index (χ1n) is 7.80. The maximum atomic E-state index is 5.45. The molecule has 0 bridgehead atoms. The first-order chi connectivity index (χ1) is 9.88. The molecule has 6 heteroatoms. The Bertz CT molecular complexity index is 456. The summed E-state index contributed by atoms with van der Waals surface area (Å²) in [7, 11) is 0. The molecular weight excluding hydrogens is 272 g/mol. The SMILES string of the molecule is C1CC(N2CCC(Nc3nc(C4CC4)ns3)C2)CCO1. The Morgan fingerprint density at radius 3 is 2.80 bits per heavy atom. The van der Waals surface area contributed by atoms with Crippen LogP contribution in [0, 0.1) is 0 Å². The summed E-state index contributed by atoms with van der Waals surface area (Å²) >= 11 is 1.53. The first kappa shape index (κ1) is 13.0. The van der Waals surface area contributed by atoms with Crippen molar-refractivity contribution >= 4 is 16.7 Å². The van der Waals surface area contributed by atoms with E-state index in [1.807, 2.05) is 0 Å². The van der Waals surface area contributed by atoms with Gasteiger partial charge in [-0.25, -0.2) is 4.98 Å². The van der Waals surface area contributed by atoms with Crippen LogP contribution in [0.4, 0.5) is 5.13 Å². The molecule has 1 aliphatic carbocycles. The molecule has 5 nitrogen and oxygen atoms in total. The summed E-state index contributed by atoms with van der Waals surface area (Å²) in [4.78, 5) is 7.26. The molecule has 1 atom stereocenters. The maximum absolute atomic E-state index is 5.45. The zero-order valence-electron chi connectivity index (χ0n) is 11.8. The van der Waals surface area contributed by atoms with Crippen LogP contribution < -0.4 is 5.32 Å². The number of aromatic nitrogens is 2. The van der Waals surface area contributed by atoms with Gasteiger partial charge in [-0.15, -0.1) is 0 Å². The van der Waals surface area contributed by atoms with Gasteiger partial charge in [0.2, 0.25) is 5.13 Å². The third-order valence-corrected chi connectivity index (χ3v) is 5.30. The summed E-state index contributed by atoms with van der Waals surface area (Å²) in [6, 6.07) is 1.27. The number of likely N-dealkylation sites (tertiary alicyclic amines) is 1. The summed E-state index contributed by atoms with van der Waals surface area (Å²) in [5, 5.41) is 4.60. The average Bonchev–Trinajstić information content (AvgIpc) is 3.06. The van der Waals surface area contributed by atoms with Crippen LogP contribution in [0.3, 0.4) is 0 Å². The van der Waals surface area contributed by atoms with E-state index in [1.54, 1.807) is 0 Å². The van der Waals surface area contributed by atoms with E-state index < -0.39 is 0 Å². The van der Waals surface area contributed by atoms with Crippen LogP contribution >= 0.6 is 11.5 Å². The quantitative estimate of drug-likeness (QED) is 0.921. The van der Waals surface area contributed by atoms with Gasteiger partial charge in [-0.1, -0.05) is 0 Å². The van der Waals surface area contributed by atoms with Crippen molar-refractivity contribution in [1.82, 2.24) is 14.3 Å². The first-order valence-corrected chi connectivity index (χ1v) is 8.58. The lowest BCUT2D eigenvalue weighted by Crippen LogP contribution is -2.39. The lowest BCUT2D eigenvalue weighted by molar-refractivity contribution is 0.0421. The molecule has 1 N–H and O–H groups in total. The molecule has 110 valence electrons. The minimum atomic E-state index is 0.540. The van der Waals surface area contributed by atoms with Gasteiger partial charge in [0.25, 0.3) is 0 Å². The van der Waals surface area contributed by atoms with Gasteiger partial charge in [0.15, 0.2) is 0 Å². The molecule has 3 aliphatic rings. The minimum absolute atomic E-state index is 0.540. The normalized spacial score (nSPS) is 28.9. The van der Waals surface area contributed by atoms with E-state index >= 15 is 0 Å². The van der Waals surface area contributed by atoms with E-state index in [-0.39, 0.29) is 0 Å². The molecule has 3 fully saturated rings. The molecule has 1 unspecified atom stereocenters. The van der Waals surface area contributed by atoms with Gasteiger partial charge in [-0.05, 0) is 32.1 Å². The van der Waals surface area contributed by atoms with Crippen molar-refractivity contribution in [3.8, 4) is 0 Å². The fourth-order valence-electron chi connectivity index (χ4n) is 3.26. The summed E-state index contributed by atoms with van der Waals surface area (Å²) in [6.45, 7) is 4.21. The summed E-state index contributed by atoms with van der Waals surface area (Å²) in [5.74, 6) is 1.72. The maximum Gasteiger partial charge on any atom is 0.202 e. The molecular formula is C14H22N4OS. The second-order valence-corrected chi connectivity index (χ2v) is 6.95. The topological polar surface area (TPSA) is 50.3 Å². The molecule has 0 amide bonds. The van der Waals surface area contributed by atoms with Crippen LogP contribution in [0.15, 0.2) is 0 Å².